The minimum atomic E-state index is -1.30. The maximum atomic E-state index is 14.2. The molecule has 0 aliphatic rings. The Labute approximate surface area is 82.8 Å². The van der Waals surface area contributed by atoms with Crippen molar-refractivity contribution in [3.8, 4) is 0 Å². The van der Waals surface area contributed by atoms with Crippen molar-refractivity contribution in [3.63, 3.8) is 0 Å². The van der Waals surface area contributed by atoms with Gasteiger partial charge in [0.05, 0.1) is 0 Å². The first-order valence-electron chi connectivity index (χ1n) is 4.58. The van der Waals surface area contributed by atoms with Crippen LogP contribution in [0.2, 0.25) is 0 Å². The van der Waals surface area contributed by atoms with E-state index in [2.05, 4.69) is 0 Å². The third-order valence-electron chi connectivity index (χ3n) is 2.15. The van der Waals surface area contributed by atoms with E-state index in [4.69, 9.17) is 5.73 Å². The van der Waals surface area contributed by atoms with Crippen LogP contribution in [0.1, 0.15) is 29.5 Å². The molecule has 0 spiro atoms. The highest BCUT2D eigenvalue weighted by Crippen LogP contribution is 2.34. The summed E-state index contributed by atoms with van der Waals surface area (Å²) in [6.07, 6.45) is 1.34. The zero-order chi connectivity index (χ0) is 9.90. The van der Waals surface area contributed by atoms with E-state index in [1.54, 1.807) is 0 Å². The maximum absolute atomic E-state index is 14.2. The Hall–Kier alpha value is -0.410. The van der Waals surface area contributed by atoms with Crippen LogP contribution in [0.5, 0.6) is 0 Å². The molecule has 74 valence electrons. The van der Waals surface area contributed by atoms with Crippen molar-refractivity contribution in [1.82, 2.24) is 0 Å². The van der Waals surface area contributed by atoms with Gasteiger partial charge in [0.1, 0.15) is 0 Å². The molecule has 0 aliphatic carbocycles. The molecule has 1 heterocycles. The molecule has 0 fully saturated rings. The van der Waals surface area contributed by atoms with Gasteiger partial charge in [-0.2, -0.15) is 0 Å². The predicted molar refractivity (Wildman–Crippen MR) is 55.8 cm³/mol. The second kappa shape index (κ2) is 4.20. The van der Waals surface area contributed by atoms with Crippen LogP contribution in [0, 0.1) is 6.92 Å². The number of halogens is 1. The van der Waals surface area contributed by atoms with E-state index in [0.29, 0.717) is 6.42 Å². The van der Waals surface area contributed by atoms with Gasteiger partial charge >= 0.3 is 0 Å². The van der Waals surface area contributed by atoms with Crippen LogP contribution in [0.3, 0.4) is 0 Å². The minimum Gasteiger partial charge on any atom is -0.327 e. The number of aryl methyl sites for hydroxylation is 1. The lowest BCUT2D eigenvalue weighted by Gasteiger charge is -2.21. The molecule has 0 aliphatic heterocycles. The first kappa shape index (κ1) is 10.7. The summed E-state index contributed by atoms with van der Waals surface area (Å²) in [5.74, 6) is 0. The monoisotopic (exact) mass is 201 g/mol. The Balaban J connectivity index is 2.88. The third kappa shape index (κ3) is 2.29. The molecule has 1 unspecified atom stereocenters. The third-order valence-corrected chi connectivity index (χ3v) is 3.33. The van der Waals surface area contributed by atoms with Crippen LogP contribution in [0.15, 0.2) is 12.1 Å². The van der Waals surface area contributed by atoms with E-state index in [1.807, 2.05) is 26.0 Å². The molecule has 1 aromatic heterocycles. The number of alkyl halides is 1. The summed E-state index contributed by atoms with van der Waals surface area (Å²) >= 11 is 1.50. The van der Waals surface area contributed by atoms with Gasteiger partial charge in [-0.3, -0.25) is 0 Å². The van der Waals surface area contributed by atoms with E-state index < -0.39 is 5.67 Å². The Kier molecular flexibility index (Phi) is 3.45. The normalized spacial score (nSPS) is 15.7. The van der Waals surface area contributed by atoms with Gasteiger partial charge in [0.2, 0.25) is 0 Å². The van der Waals surface area contributed by atoms with Crippen molar-refractivity contribution in [2.75, 3.05) is 6.54 Å². The zero-order valence-electron chi connectivity index (χ0n) is 8.14. The molecule has 0 aromatic carbocycles. The zero-order valence-corrected chi connectivity index (χ0v) is 8.96. The van der Waals surface area contributed by atoms with Gasteiger partial charge in [-0.15, -0.1) is 11.3 Å². The molecule has 1 rings (SSSR count). The van der Waals surface area contributed by atoms with Crippen molar-refractivity contribution >= 4 is 11.3 Å². The molecule has 1 aromatic rings. The van der Waals surface area contributed by atoms with E-state index in [1.165, 1.54) is 11.3 Å². The van der Waals surface area contributed by atoms with Gasteiger partial charge in [0, 0.05) is 16.3 Å². The number of hydrogen-bond acceptors (Lipinski definition) is 2. The van der Waals surface area contributed by atoms with E-state index in [0.717, 1.165) is 16.2 Å². The van der Waals surface area contributed by atoms with Crippen molar-refractivity contribution < 1.29 is 4.39 Å². The number of nitrogens with two attached hydrogens (primary N) is 1. The van der Waals surface area contributed by atoms with Crippen LogP contribution < -0.4 is 5.73 Å². The highest BCUT2D eigenvalue weighted by molar-refractivity contribution is 7.12. The fraction of sp³-hybridized carbons (Fsp3) is 0.600. The van der Waals surface area contributed by atoms with Crippen LogP contribution >= 0.6 is 11.3 Å². The number of thiophene rings is 1. The topological polar surface area (TPSA) is 26.0 Å². The summed E-state index contributed by atoms with van der Waals surface area (Å²) in [7, 11) is 0. The summed E-state index contributed by atoms with van der Waals surface area (Å²) in [6, 6.07) is 3.79. The lowest BCUT2D eigenvalue weighted by molar-refractivity contribution is 0.164. The molecule has 0 amide bonds. The molecule has 13 heavy (non-hydrogen) atoms. The van der Waals surface area contributed by atoms with Crippen LogP contribution in [0.25, 0.3) is 0 Å². The standard InChI is InChI=1S/C10H16FNS/c1-3-6-10(11,7-12)9-5-4-8(2)13-9/h4-5H,3,6-7,12H2,1-2H3. The quantitative estimate of drug-likeness (QED) is 0.796. The van der Waals surface area contributed by atoms with E-state index in [-0.39, 0.29) is 6.54 Å². The average Bonchev–Trinajstić information content (AvgIpc) is 2.52. The molecule has 1 nitrogen and oxygen atoms in total. The van der Waals surface area contributed by atoms with Gasteiger partial charge in [-0.1, -0.05) is 13.3 Å². The predicted octanol–water partition coefficient (Wildman–Crippen LogP) is 2.98. The highest BCUT2D eigenvalue weighted by atomic mass is 32.1. The maximum Gasteiger partial charge on any atom is 0.157 e. The molecule has 2 N–H and O–H groups in total. The van der Waals surface area contributed by atoms with Crippen LogP contribution in [-0.4, -0.2) is 6.54 Å². The van der Waals surface area contributed by atoms with E-state index >= 15 is 0 Å². The molecular formula is C10H16FNS. The number of hydrogen-bond donors (Lipinski definition) is 1. The summed E-state index contributed by atoms with van der Waals surface area (Å²) in [6.45, 7) is 4.04. The van der Waals surface area contributed by atoms with Gasteiger partial charge < -0.3 is 5.73 Å². The van der Waals surface area contributed by atoms with Crippen molar-refractivity contribution in [2.45, 2.75) is 32.4 Å². The number of rotatable bonds is 4. The fourth-order valence-corrected chi connectivity index (χ4v) is 2.38. The van der Waals surface area contributed by atoms with Gasteiger partial charge in [-0.05, 0) is 25.5 Å². The Bertz CT molecular complexity index is 272. The molecular weight excluding hydrogens is 185 g/mol. The molecule has 0 saturated heterocycles. The summed E-state index contributed by atoms with van der Waals surface area (Å²) in [4.78, 5) is 1.91. The molecule has 1 atom stereocenters. The van der Waals surface area contributed by atoms with Gasteiger partial charge in [0.15, 0.2) is 5.67 Å². The molecule has 0 bridgehead atoms. The van der Waals surface area contributed by atoms with E-state index in [9.17, 15) is 4.39 Å². The Morgan fingerprint density at radius 1 is 1.54 bits per heavy atom. The summed E-state index contributed by atoms with van der Waals surface area (Å²) in [5.41, 5.74) is 4.17. The SMILES string of the molecule is CCCC(F)(CN)c1ccc(C)s1. The van der Waals surface area contributed by atoms with Crippen molar-refractivity contribution in [2.24, 2.45) is 5.73 Å². The molecule has 0 saturated carbocycles. The van der Waals surface area contributed by atoms with Crippen LogP contribution in [-0.2, 0) is 5.67 Å². The second-order valence-corrected chi connectivity index (χ2v) is 4.62. The van der Waals surface area contributed by atoms with Crippen molar-refractivity contribution in [3.05, 3.63) is 21.9 Å². The van der Waals surface area contributed by atoms with Gasteiger partial charge in [-0.25, -0.2) is 4.39 Å². The second-order valence-electron chi connectivity index (χ2n) is 3.33. The first-order chi connectivity index (χ1) is 6.12. The largest absolute Gasteiger partial charge is 0.327 e. The smallest absolute Gasteiger partial charge is 0.157 e. The molecule has 0 radical (unpaired) electrons. The van der Waals surface area contributed by atoms with Gasteiger partial charge in [0.25, 0.3) is 0 Å². The lowest BCUT2D eigenvalue weighted by atomic mass is 9.98. The summed E-state index contributed by atoms with van der Waals surface area (Å²) < 4.78 is 14.2. The Morgan fingerprint density at radius 3 is 2.62 bits per heavy atom. The minimum absolute atomic E-state index is 0.0841. The fourth-order valence-electron chi connectivity index (χ4n) is 1.40. The highest BCUT2D eigenvalue weighted by Gasteiger charge is 2.30. The Morgan fingerprint density at radius 2 is 2.23 bits per heavy atom. The van der Waals surface area contributed by atoms with Crippen LogP contribution in [0.4, 0.5) is 4.39 Å². The average molecular weight is 201 g/mol. The lowest BCUT2D eigenvalue weighted by Crippen LogP contribution is -2.29. The van der Waals surface area contributed by atoms with Crippen molar-refractivity contribution in [1.29, 1.82) is 0 Å². The molecule has 3 heteroatoms. The first-order valence-corrected chi connectivity index (χ1v) is 5.40. The summed E-state index contributed by atoms with van der Waals surface area (Å²) in [5, 5.41) is 0.